The molecule has 0 bridgehead atoms. The quantitative estimate of drug-likeness (QED) is 0.545. The van der Waals surface area contributed by atoms with Crippen LogP contribution in [0.5, 0.6) is 0 Å². The van der Waals surface area contributed by atoms with E-state index >= 15 is 0 Å². The van der Waals surface area contributed by atoms with Crippen LogP contribution in [0.2, 0.25) is 5.02 Å². The molecule has 0 aliphatic heterocycles. The van der Waals surface area contributed by atoms with Gasteiger partial charge < -0.3 is 5.32 Å². The Morgan fingerprint density at radius 2 is 1.86 bits per heavy atom. The number of hydrogen-bond donors (Lipinski definition) is 1. The summed E-state index contributed by atoms with van der Waals surface area (Å²) in [7, 11) is 0. The first kappa shape index (κ1) is 19.3. The lowest BCUT2D eigenvalue weighted by atomic mass is 9.86. The van der Waals surface area contributed by atoms with Gasteiger partial charge in [0, 0.05) is 21.3 Å². The van der Waals surface area contributed by atoms with Crippen molar-refractivity contribution in [1.82, 2.24) is 10.3 Å². The van der Waals surface area contributed by atoms with Gasteiger partial charge in [-0.05, 0) is 55.2 Å². The van der Waals surface area contributed by atoms with Crippen LogP contribution in [0.1, 0.15) is 43.0 Å². The predicted molar refractivity (Wildman–Crippen MR) is 116 cm³/mol. The maximum absolute atomic E-state index is 13.2. The minimum absolute atomic E-state index is 0.00435. The number of carbonyl (C=O) groups is 1. The van der Waals surface area contributed by atoms with Crippen molar-refractivity contribution in [2.45, 2.75) is 48.6 Å². The third-order valence-electron chi connectivity index (χ3n) is 5.40. The number of aromatic nitrogens is 1. The molecule has 2 atom stereocenters. The predicted octanol–water partition coefficient (Wildman–Crippen LogP) is 6.35. The highest BCUT2D eigenvalue weighted by Gasteiger charge is 2.24. The smallest absolute Gasteiger partial charge is 0.252 e. The summed E-state index contributed by atoms with van der Waals surface area (Å²) >= 11 is 7.53. The molecule has 1 aliphatic carbocycles. The van der Waals surface area contributed by atoms with Crippen molar-refractivity contribution in [3.8, 4) is 0 Å². The van der Waals surface area contributed by atoms with E-state index in [2.05, 4.69) is 12.2 Å². The Balaban J connectivity index is 1.65. The summed E-state index contributed by atoms with van der Waals surface area (Å²) in [4.78, 5) is 18.9. The molecule has 1 saturated carbocycles. The monoisotopic (exact) mass is 410 g/mol. The van der Waals surface area contributed by atoms with Crippen molar-refractivity contribution in [1.29, 1.82) is 0 Å². The minimum Gasteiger partial charge on any atom is -0.349 e. The van der Waals surface area contributed by atoms with E-state index in [1.54, 1.807) is 0 Å². The highest BCUT2D eigenvalue weighted by atomic mass is 35.5. The molecular formula is C23H23ClN2OS. The molecule has 0 saturated heterocycles. The van der Waals surface area contributed by atoms with Gasteiger partial charge in [0.1, 0.15) is 5.03 Å². The van der Waals surface area contributed by atoms with E-state index in [1.165, 1.54) is 31.0 Å². The summed E-state index contributed by atoms with van der Waals surface area (Å²) in [5, 5.41) is 5.69. The standard InChI is InChI=1S/C23H23ClN2OS/c1-15-6-2-4-8-20(15)26-23(27)19-14-22(25-21-9-5-3-7-18(19)21)28-17-12-10-16(24)11-13-17/h3,5,7,9-15,20H,2,4,6,8H2,1H3,(H,26,27)/t15-,20-/m1/s1. The van der Waals surface area contributed by atoms with Gasteiger partial charge in [-0.3, -0.25) is 4.79 Å². The molecule has 144 valence electrons. The second-order valence-corrected chi connectivity index (χ2v) is 8.95. The van der Waals surface area contributed by atoms with Crippen molar-refractivity contribution >= 4 is 40.2 Å². The van der Waals surface area contributed by atoms with E-state index in [9.17, 15) is 4.79 Å². The van der Waals surface area contributed by atoms with E-state index in [-0.39, 0.29) is 11.9 Å². The molecule has 0 spiro atoms. The number of nitrogens with one attached hydrogen (secondary N) is 1. The molecule has 4 rings (SSSR count). The van der Waals surface area contributed by atoms with Gasteiger partial charge in [0.25, 0.3) is 5.91 Å². The van der Waals surface area contributed by atoms with E-state index < -0.39 is 0 Å². The van der Waals surface area contributed by atoms with Crippen LogP contribution in [0.15, 0.2) is 64.5 Å². The Bertz CT molecular complexity index is 990. The maximum atomic E-state index is 13.2. The van der Waals surface area contributed by atoms with Gasteiger partial charge in [0.05, 0.1) is 11.1 Å². The lowest BCUT2D eigenvalue weighted by Crippen LogP contribution is -2.41. The summed E-state index contributed by atoms with van der Waals surface area (Å²) in [5.74, 6) is 0.518. The average Bonchev–Trinajstić information content (AvgIpc) is 2.71. The molecule has 1 heterocycles. The van der Waals surface area contributed by atoms with Gasteiger partial charge in [-0.25, -0.2) is 4.98 Å². The third-order valence-corrected chi connectivity index (χ3v) is 6.58. The zero-order valence-corrected chi connectivity index (χ0v) is 17.4. The number of hydrogen-bond acceptors (Lipinski definition) is 3. The van der Waals surface area contributed by atoms with Crippen LogP contribution in [0, 0.1) is 5.92 Å². The zero-order chi connectivity index (χ0) is 19.5. The van der Waals surface area contributed by atoms with Crippen LogP contribution < -0.4 is 5.32 Å². The highest BCUT2D eigenvalue weighted by molar-refractivity contribution is 7.99. The maximum Gasteiger partial charge on any atom is 0.252 e. The first-order valence-corrected chi connectivity index (χ1v) is 10.9. The number of pyridine rings is 1. The number of benzene rings is 2. The molecular weight excluding hydrogens is 388 g/mol. The number of halogens is 1. The van der Waals surface area contributed by atoms with E-state index in [0.29, 0.717) is 16.5 Å². The largest absolute Gasteiger partial charge is 0.349 e. The van der Waals surface area contributed by atoms with Gasteiger partial charge in [-0.2, -0.15) is 0 Å². The molecule has 1 aliphatic rings. The van der Waals surface area contributed by atoms with Crippen LogP contribution in [-0.2, 0) is 0 Å². The molecule has 1 fully saturated rings. The van der Waals surface area contributed by atoms with Crippen molar-refractivity contribution in [2.24, 2.45) is 5.92 Å². The van der Waals surface area contributed by atoms with E-state index in [0.717, 1.165) is 27.2 Å². The fraction of sp³-hybridized carbons (Fsp3) is 0.304. The molecule has 1 amide bonds. The van der Waals surface area contributed by atoms with Crippen LogP contribution in [-0.4, -0.2) is 16.9 Å². The van der Waals surface area contributed by atoms with Crippen molar-refractivity contribution in [3.63, 3.8) is 0 Å². The minimum atomic E-state index is -0.00435. The molecule has 2 aromatic carbocycles. The molecule has 28 heavy (non-hydrogen) atoms. The third kappa shape index (κ3) is 4.34. The summed E-state index contributed by atoms with van der Waals surface area (Å²) in [6.07, 6.45) is 4.68. The highest BCUT2D eigenvalue weighted by Crippen LogP contribution is 2.31. The fourth-order valence-electron chi connectivity index (χ4n) is 3.79. The molecule has 5 heteroatoms. The Morgan fingerprint density at radius 3 is 2.64 bits per heavy atom. The lowest BCUT2D eigenvalue weighted by Gasteiger charge is -2.29. The molecule has 3 aromatic rings. The lowest BCUT2D eigenvalue weighted by molar-refractivity contribution is 0.0911. The molecule has 1 N–H and O–H groups in total. The topological polar surface area (TPSA) is 42.0 Å². The first-order chi connectivity index (χ1) is 13.6. The molecule has 0 radical (unpaired) electrons. The number of amides is 1. The van der Waals surface area contributed by atoms with Crippen LogP contribution in [0.3, 0.4) is 0 Å². The Kier molecular flexibility index (Phi) is 5.88. The van der Waals surface area contributed by atoms with Gasteiger partial charge in [-0.1, -0.05) is 61.3 Å². The molecule has 0 unspecified atom stereocenters. The molecule has 3 nitrogen and oxygen atoms in total. The van der Waals surface area contributed by atoms with Gasteiger partial charge in [0.15, 0.2) is 0 Å². The number of para-hydroxylation sites is 1. The van der Waals surface area contributed by atoms with E-state index in [4.69, 9.17) is 16.6 Å². The van der Waals surface area contributed by atoms with Gasteiger partial charge in [-0.15, -0.1) is 0 Å². The summed E-state index contributed by atoms with van der Waals surface area (Å²) < 4.78 is 0. The summed E-state index contributed by atoms with van der Waals surface area (Å²) in [6, 6.07) is 17.7. The number of nitrogens with zero attached hydrogens (tertiary/aromatic N) is 1. The van der Waals surface area contributed by atoms with Crippen LogP contribution >= 0.6 is 23.4 Å². The number of carbonyl (C=O) groups excluding carboxylic acids is 1. The number of fused-ring (bicyclic) bond motifs is 1. The van der Waals surface area contributed by atoms with E-state index in [1.807, 2.05) is 54.6 Å². The van der Waals surface area contributed by atoms with Crippen LogP contribution in [0.25, 0.3) is 10.9 Å². The fourth-order valence-corrected chi connectivity index (χ4v) is 4.75. The van der Waals surface area contributed by atoms with Gasteiger partial charge in [0.2, 0.25) is 0 Å². The summed E-state index contributed by atoms with van der Waals surface area (Å²) in [6.45, 7) is 2.23. The average molecular weight is 411 g/mol. The zero-order valence-electron chi connectivity index (χ0n) is 15.8. The normalized spacial score (nSPS) is 19.5. The van der Waals surface area contributed by atoms with Crippen molar-refractivity contribution < 1.29 is 4.79 Å². The van der Waals surface area contributed by atoms with Gasteiger partial charge >= 0.3 is 0 Å². The SMILES string of the molecule is C[C@@H]1CCCC[C@H]1NC(=O)c1cc(Sc2ccc(Cl)cc2)nc2ccccc12. The second kappa shape index (κ2) is 8.54. The Hall–Kier alpha value is -2.04. The van der Waals surface area contributed by atoms with Crippen molar-refractivity contribution in [2.75, 3.05) is 0 Å². The summed E-state index contributed by atoms with van der Waals surface area (Å²) in [5.41, 5.74) is 1.53. The van der Waals surface area contributed by atoms with Crippen molar-refractivity contribution in [3.05, 3.63) is 65.2 Å². The Morgan fingerprint density at radius 1 is 1.11 bits per heavy atom. The second-order valence-electron chi connectivity index (χ2n) is 7.42. The Labute approximate surface area is 174 Å². The molecule has 1 aromatic heterocycles. The number of rotatable bonds is 4. The van der Waals surface area contributed by atoms with Crippen LogP contribution in [0.4, 0.5) is 0 Å². The first-order valence-electron chi connectivity index (χ1n) is 9.74.